The van der Waals surface area contributed by atoms with Crippen molar-refractivity contribution in [2.75, 3.05) is 19.7 Å². The summed E-state index contributed by atoms with van der Waals surface area (Å²) in [5, 5.41) is 12.3. The molecule has 1 amide bonds. The van der Waals surface area contributed by atoms with Crippen LogP contribution in [0.15, 0.2) is 0 Å². The van der Waals surface area contributed by atoms with Crippen LogP contribution in [0, 0.1) is 0 Å². The molecule has 1 rings (SSSR count). The average molecular weight is 242 g/mol. The predicted octanol–water partition coefficient (Wildman–Crippen LogP) is 1.14. The summed E-state index contributed by atoms with van der Waals surface area (Å²) in [5.74, 6) is 0.0831. The molecule has 1 aliphatic heterocycles. The Bertz CT molecular complexity index is 233. The van der Waals surface area contributed by atoms with Crippen molar-refractivity contribution in [1.29, 1.82) is 0 Å². The third kappa shape index (κ3) is 5.04. The number of aliphatic hydroxyl groups is 1. The first-order valence-corrected chi connectivity index (χ1v) is 6.81. The number of carbonyl (C=O) groups is 1. The molecular weight excluding hydrogens is 216 g/mol. The summed E-state index contributed by atoms with van der Waals surface area (Å²) in [5.41, 5.74) is 0. The lowest BCUT2D eigenvalue weighted by Crippen LogP contribution is -2.46. The van der Waals surface area contributed by atoms with Gasteiger partial charge in [-0.15, -0.1) is 0 Å². The van der Waals surface area contributed by atoms with Gasteiger partial charge in [0.2, 0.25) is 5.91 Å². The van der Waals surface area contributed by atoms with Gasteiger partial charge in [-0.2, -0.15) is 0 Å². The number of aliphatic hydroxyl groups excluding tert-OH is 1. The molecule has 0 aromatic carbocycles. The van der Waals surface area contributed by atoms with Crippen molar-refractivity contribution in [2.45, 2.75) is 58.0 Å². The summed E-state index contributed by atoms with van der Waals surface area (Å²) in [6.45, 7) is 5.60. The van der Waals surface area contributed by atoms with Crippen molar-refractivity contribution in [3.8, 4) is 0 Å². The molecule has 0 aromatic heterocycles. The number of likely N-dealkylation sites (tertiary alicyclic amines) is 1. The van der Waals surface area contributed by atoms with Gasteiger partial charge in [0.25, 0.3) is 0 Å². The van der Waals surface area contributed by atoms with E-state index in [1.165, 1.54) is 6.42 Å². The Labute approximate surface area is 104 Å². The fraction of sp³-hybridized carbons (Fsp3) is 0.923. The number of hydrogen-bond donors (Lipinski definition) is 2. The normalized spacial score (nSPS) is 24.1. The van der Waals surface area contributed by atoms with Gasteiger partial charge < -0.3 is 10.4 Å². The first-order chi connectivity index (χ1) is 8.17. The van der Waals surface area contributed by atoms with E-state index in [1.54, 1.807) is 0 Å². The summed E-state index contributed by atoms with van der Waals surface area (Å²) < 4.78 is 0. The van der Waals surface area contributed by atoms with Crippen LogP contribution in [0.25, 0.3) is 0 Å². The van der Waals surface area contributed by atoms with Crippen molar-refractivity contribution in [2.24, 2.45) is 0 Å². The highest BCUT2D eigenvalue weighted by Gasteiger charge is 2.22. The van der Waals surface area contributed by atoms with Crippen molar-refractivity contribution in [3.05, 3.63) is 0 Å². The fourth-order valence-corrected chi connectivity index (χ4v) is 2.26. The molecule has 2 N–H and O–H groups in total. The summed E-state index contributed by atoms with van der Waals surface area (Å²) in [6.07, 6.45) is 5.46. The molecule has 0 radical (unpaired) electrons. The summed E-state index contributed by atoms with van der Waals surface area (Å²) >= 11 is 0. The minimum Gasteiger partial charge on any atom is -0.395 e. The number of rotatable bonds is 5. The highest BCUT2D eigenvalue weighted by Crippen LogP contribution is 2.15. The zero-order valence-electron chi connectivity index (χ0n) is 11.1. The predicted molar refractivity (Wildman–Crippen MR) is 68.8 cm³/mol. The van der Waals surface area contributed by atoms with Crippen LogP contribution in [0.5, 0.6) is 0 Å². The van der Waals surface area contributed by atoms with Gasteiger partial charge in [-0.1, -0.05) is 19.8 Å². The third-order valence-electron chi connectivity index (χ3n) is 3.58. The smallest absolute Gasteiger partial charge is 0.234 e. The largest absolute Gasteiger partial charge is 0.395 e. The Balaban J connectivity index is 2.43. The Morgan fingerprint density at radius 3 is 2.88 bits per heavy atom. The Kier molecular flexibility index (Phi) is 6.52. The molecule has 0 bridgehead atoms. The van der Waals surface area contributed by atoms with Gasteiger partial charge in [0, 0.05) is 12.1 Å². The highest BCUT2D eigenvalue weighted by molar-refractivity contribution is 5.78. The molecule has 1 aliphatic rings. The van der Waals surface area contributed by atoms with Crippen LogP contribution >= 0.6 is 0 Å². The van der Waals surface area contributed by atoms with Gasteiger partial charge in [0.05, 0.1) is 13.2 Å². The number of carbonyl (C=O) groups excluding carboxylic acids is 1. The maximum absolute atomic E-state index is 11.8. The van der Waals surface area contributed by atoms with Crippen molar-refractivity contribution in [1.82, 2.24) is 10.2 Å². The zero-order chi connectivity index (χ0) is 12.7. The summed E-state index contributed by atoms with van der Waals surface area (Å²) in [4.78, 5) is 13.9. The second kappa shape index (κ2) is 7.67. The fourth-order valence-electron chi connectivity index (χ4n) is 2.26. The van der Waals surface area contributed by atoms with Crippen LogP contribution < -0.4 is 5.32 Å². The van der Waals surface area contributed by atoms with E-state index >= 15 is 0 Å². The molecule has 0 aliphatic carbocycles. The molecule has 2 unspecified atom stereocenters. The molecule has 100 valence electrons. The topological polar surface area (TPSA) is 52.6 Å². The van der Waals surface area contributed by atoms with E-state index in [-0.39, 0.29) is 24.6 Å². The second-order valence-electron chi connectivity index (χ2n) is 5.03. The molecular formula is C13H26N2O2. The number of nitrogens with one attached hydrogen (secondary N) is 1. The van der Waals surface area contributed by atoms with Gasteiger partial charge in [0.1, 0.15) is 0 Å². The maximum Gasteiger partial charge on any atom is 0.234 e. The van der Waals surface area contributed by atoms with Crippen molar-refractivity contribution < 1.29 is 9.90 Å². The minimum absolute atomic E-state index is 0.0831. The Morgan fingerprint density at radius 1 is 1.47 bits per heavy atom. The van der Waals surface area contributed by atoms with Gasteiger partial charge in [-0.3, -0.25) is 9.69 Å². The molecule has 0 spiro atoms. The molecule has 1 heterocycles. The average Bonchev–Trinajstić information content (AvgIpc) is 2.53. The molecule has 1 fully saturated rings. The number of amides is 1. The SMILES string of the molecule is CCC(C)NC(=O)CN1CCCCCC1CO. The van der Waals surface area contributed by atoms with Crippen LogP contribution in [0.1, 0.15) is 46.0 Å². The van der Waals surface area contributed by atoms with E-state index in [2.05, 4.69) is 17.1 Å². The van der Waals surface area contributed by atoms with Crippen LogP contribution in [0.3, 0.4) is 0 Å². The van der Waals surface area contributed by atoms with Gasteiger partial charge >= 0.3 is 0 Å². The van der Waals surface area contributed by atoms with Crippen LogP contribution in [-0.4, -0.2) is 47.7 Å². The summed E-state index contributed by atoms with van der Waals surface area (Å²) in [6, 6.07) is 0.405. The Morgan fingerprint density at radius 2 is 2.24 bits per heavy atom. The molecule has 0 saturated carbocycles. The summed E-state index contributed by atoms with van der Waals surface area (Å²) in [7, 11) is 0. The van der Waals surface area contributed by atoms with Gasteiger partial charge in [0.15, 0.2) is 0 Å². The van der Waals surface area contributed by atoms with Crippen LogP contribution in [-0.2, 0) is 4.79 Å². The lowest BCUT2D eigenvalue weighted by atomic mass is 10.1. The van der Waals surface area contributed by atoms with E-state index in [0.717, 1.165) is 32.2 Å². The maximum atomic E-state index is 11.8. The lowest BCUT2D eigenvalue weighted by molar-refractivity contribution is -0.123. The molecule has 17 heavy (non-hydrogen) atoms. The van der Waals surface area contributed by atoms with Crippen molar-refractivity contribution >= 4 is 5.91 Å². The minimum atomic E-state index is 0.0831. The van der Waals surface area contributed by atoms with E-state index < -0.39 is 0 Å². The lowest BCUT2D eigenvalue weighted by Gasteiger charge is -2.28. The molecule has 2 atom stereocenters. The Hall–Kier alpha value is -0.610. The third-order valence-corrected chi connectivity index (χ3v) is 3.58. The standard InChI is InChI=1S/C13H26N2O2/c1-3-11(2)14-13(17)9-15-8-6-4-5-7-12(15)10-16/h11-12,16H,3-10H2,1-2H3,(H,14,17). The molecule has 0 aromatic rings. The van der Waals surface area contributed by atoms with E-state index in [4.69, 9.17) is 0 Å². The second-order valence-corrected chi connectivity index (χ2v) is 5.03. The van der Waals surface area contributed by atoms with Crippen LogP contribution in [0.2, 0.25) is 0 Å². The molecule has 4 heteroatoms. The zero-order valence-corrected chi connectivity index (χ0v) is 11.1. The number of nitrogens with zero attached hydrogens (tertiary/aromatic N) is 1. The quantitative estimate of drug-likeness (QED) is 0.760. The van der Waals surface area contributed by atoms with E-state index in [0.29, 0.717) is 6.54 Å². The highest BCUT2D eigenvalue weighted by atomic mass is 16.3. The molecule has 1 saturated heterocycles. The van der Waals surface area contributed by atoms with Gasteiger partial charge in [-0.25, -0.2) is 0 Å². The number of hydrogen-bond acceptors (Lipinski definition) is 3. The van der Waals surface area contributed by atoms with E-state index in [9.17, 15) is 9.90 Å². The van der Waals surface area contributed by atoms with Crippen LogP contribution in [0.4, 0.5) is 0 Å². The van der Waals surface area contributed by atoms with Gasteiger partial charge in [-0.05, 0) is 32.7 Å². The van der Waals surface area contributed by atoms with E-state index in [1.807, 2.05) is 6.92 Å². The van der Waals surface area contributed by atoms with Crippen molar-refractivity contribution in [3.63, 3.8) is 0 Å². The monoisotopic (exact) mass is 242 g/mol. The first kappa shape index (κ1) is 14.5. The first-order valence-electron chi connectivity index (χ1n) is 6.81. The molecule has 4 nitrogen and oxygen atoms in total.